The predicted molar refractivity (Wildman–Crippen MR) is 87.8 cm³/mol. The summed E-state index contributed by atoms with van der Waals surface area (Å²) in [6.45, 7) is 5.89. The van der Waals surface area contributed by atoms with Crippen molar-refractivity contribution in [2.24, 2.45) is 0 Å². The van der Waals surface area contributed by atoms with E-state index in [2.05, 4.69) is 15.8 Å². The second kappa shape index (κ2) is 7.37. The van der Waals surface area contributed by atoms with Gasteiger partial charge in [-0.2, -0.15) is 0 Å². The molecule has 2 aromatic rings. The van der Waals surface area contributed by atoms with Crippen molar-refractivity contribution < 1.29 is 14.1 Å². The van der Waals surface area contributed by atoms with Crippen LogP contribution in [0.3, 0.4) is 0 Å². The van der Waals surface area contributed by atoms with E-state index in [9.17, 15) is 4.79 Å². The maximum absolute atomic E-state index is 12.1. The molecule has 2 amide bonds. The first-order valence-corrected chi connectivity index (χ1v) is 7.59. The zero-order valence-electron chi connectivity index (χ0n) is 13.6. The fourth-order valence-electron chi connectivity index (χ4n) is 2.47. The largest absolute Gasteiger partial charge is 0.496 e. The van der Waals surface area contributed by atoms with E-state index in [0.29, 0.717) is 23.1 Å². The highest BCUT2D eigenvalue weighted by Crippen LogP contribution is 2.23. The van der Waals surface area contributed by atoms with Crippen LogP contribution in [-0.2, 0) is 6.54 Å². The average Bonchev–Trinajstić information content (AvgIpc) is 2.84. The number of benzene rings is 1. The lowest BCUT2D eigenvalue weighted by molar-refractivity contribution is 0.237. The fourth-order valence-corrected chi connectivity index (χ4v) is 2.63. The number of carbonyl (C=O) groups excluding carboxylic acids is 1. The molecular formula is C16H20ClN3O3. The third-order valence-electron chi connectivity index (χ3n) is 3.56. The van der Waals surface area contributed by atoms with Crippen LogP contribution < -0.4 is 15.4 Å². The monoisotopic (exact) mass is 337 g/mol. The lowest BCUT2D eigenvalue weighted by atomic mass is 10.1. The molecule has 0 fully saturated rings. The van der Waals surface area contributed by atoms with Crippen LogP contribution in [0.4, 0.5) is 4.79 Å². The van der Waals surface area contributed by atoms with E-state index in [-0.39, 0.29) is 12.1 Å². The average molecular weight is 338 g/mol. The number of carbonyl (C=O) groups is 1. The first-order valence-electron chi connectivity index (χ1n) is 7.22. The first kappa shape index (κ1) is 17.1. The molecule has 0 saturated heterocycles. The van der Waals surface area contributed by atoms with Crippen molar-refractivity contribution in [2.45, 2.75) is 33.4 Å². The van der Waals surface area contributed by atoms with Gasteiger partial charge < -0.3 is 19.9 Å². The van der Waals surface area contributed by atoms with Gasteiger partial charge in [0.15, 0.2) is 0 Å². The first-order chi connectivity index (χ1) is 10.9. The van der Waals surface area contributed by atoms with Crippen LogP contribution in [0, 0.1) is 13.8 Å². The number of nitrogens with one attached hydrogen (secondary N) is 2. The lowest BCUT2D eigenvalue weighted by Crippen LogP contribution is -2.37. The number of aromatic nitrogens is 1. The van der Waals surface area contributed by atoms with Gasteiger partial charge >= 0.3 is 6.03 Å². The normalized spacial score (nSPS) is 11.9. The van der Waals surface area contributed by atoms with Gasteiger partial charge in [-0.05, 0) is 32.9 Å². The Morgan fingerprint density at radius 2 is 2.17 bits per heavy atom. The van der Waals surface area contributed by atoms with Gasteiger partial charge in [0.05, 0.1) is 18.8 Å². The summed E-state index contributed by atoms with van der Waals surface area (Å²) in [5.74, 6) is 1.34. The second-order valence-corrected chi connectivity index (χ2v) is 5.68. The summed E-state index contributed by atoms with van der Waals surface area (Å²) >= 11 is 5.92. The van der Waals surface area contributed by atoms with E-state index >= 15 is 0 Å². The van der Waals surface area contributed by atoms with E-state index in [4.69, 9.17) is 20.9 Å². The van der Waals surface area contributed by atoms with Crippen molar-refractivity contribution in [1.82, 2.24) is 15.8 Å². The number of methoxy groups -OCH3 is 1. The molecule has 1 atom stereocenters. The number of urea groups is 1. The van der Waals surface area contributed by atoms with E-state index in [1.165, 1.54) is 0 Å². The van der Waals surface area contributed by atoms with Gasteiger partial charge in [0, 0.05) is 22.7 Å². The molecule has 1 heterocycles. The molecule has 0 aliphatic heterocycles. The summed E-state index contributed by atoms with van der Waals surface area (Å²) in [5.41, 5.74) is 2.51. The smallest absolute Gasteiger partial charge is 0.315 e. The van der Waals surface area contributed by atoms with E-state index in [1.54, 1.807) is 19.2 Å². The Morgan fingerprint density at radius 3 is 2.78 bits per heavy atom. The molecule has 0 radical (unpaired) electrons. The molecule has 6 nitrogen and oxygen atoms in total. The summed E-state index contributed by atoms with van der Waals surface area (Å²) in [5, 5.41) is 10.1. The number of hydrogen-bond donors (Lipinski definition) is 2. The Morgan fingerprint density at radius 1 is 1.43 bits per heavy atom. The maximum atomic E-state index is 12.1. The predicted octanol–water partition coefficient (Wildman–Crippen LogP) is 3.51. The van der Waals surface area contributed by atoms with Crippen LogP contribution >= 0.6 is 11.6 Å². The number of halogens is 1. The molecule has 0 saturated carbocycles. The number of nitrogens with zero attached hydrogens (tertiary/aromatic N) is 1. The SMILES string of the molecule is COc1cc(Cl)ccc1CNC(=O)NC(C)c1c(C)noc1C. The van der Waals surface area contributed by atoms with Crippen LogP contribution in [0.15, 0.2) is 22.7 Å². The maximum Gasteiger partial charge on any atom is 0.315 e. The third kappa shape index (κ3) is 4.16. The minimum Gasteiger partial charge on any atom is -0.496 e. The van der Waals surface area contributed by atoms with Gasteiger partial charge in [0.1, 0.15) is 11.5 Å². The molecule has 0 aliphatic carbocycles. The highest BCUT2D eigenvalue weighted by Gasteiger charge is 2.18. The van der Waals surface area contributed by atoms with Crippen LogP contribution in [0.25, 0.3) is 0 Å². The van der Waals surface area contributed by atoms with Gasteiger partial charge in [0.2, 0.25) is 0 Å². The van der Waals surface area contributed by atoms with E-state index in [1.807, 2.05) is 26.8 Å². The molecule has 124 valence electrons. The van der Waals surface area contributed by atoms with Gasteiger partial charge in [-0.3, -0.25) is 0 Å². The molecule has 7 heteroatoms. The molecule has 1 aromatic carbocycles. The molecule has 0 spiro atoms. The highest BCUT2D eigenvalue weighted by atomic mass is 35.5. The second-order valence-electron chi connectivity index (χ2n) is 5.24. The quantitative estimate of drug-likeness (QED) is 0.875. The Balaban J connectivity index is 1.95. The molecule has 23 heavy (non-hydrogen) atoms. The molecule has 2 N–H and O–H groups in total. The van der Waals surface area contributed by atoms with Gasteiger partial charge in [-0.25, -0.2) is 4.79 Å². The van der Waals surface area contributed by atoms with Crippen LogP contribution in [-0.4, -0.2) is 18.3 Å². The standard InChI is InChI=1S/C16H20ClN3O3/c1-9(15-10(2)20-23-11(15)3)19-16(21)18-8-12-5-6-13(17)7-14(12)22-4/h5-7,9H,8H2,1-4H3,(H2,18,19,21). The van der Waals surface area contributed by atoms with Crippen molar-refractivity contribution >= 4 is 17.6 Å². The number of hydrogen-bond acceptors (Lipinski definition) is 4. The van der Waals surface area contributed by atoms with E-state index < -0.39 is 0 Å². The van der Waals surface area contributed by atoms with Gasteiger partial charge in [-0.1, -0.05) is 22.8 Å². The van der Waals surface area contributed by atoms with Crippen LogP contribution in [0.2, 0.25) is 5.02 Å². The zero-order chi connectivity index (χ0) is 17.0. The summed E-state index contributed by atoms with van der Waals surface area (Å²) in [7, 11) is 1.56. The van der Waals surface area contributed by atoms with Crippen molar-refractivity contribution in [3.63, 3.8) is 0 Å². The Bertz CT molecular complexity index is 680. The summed E-state index contributed by atoms with van der Waals surface area (Å²) in [6.07, 6.45) is 0. The topological polar surface area (TPSA) is 76.4 Å². The number of amides is 2. The molecule has 0 bridgehead atoms. The number of ether oxygens (including phenoxy) is 1. The zero-order valence-corrected chi connectivity index (χ0v) is 14.3. The summed E-state index contributed by atoms with van der Waals surface area (Å²) in [4.78, 5) is 12.1. The van der Waals surface area contributed by atoms with Crippen molar-refractivity contribution in [3.8, 4) is 5.75 Å². The molecule has 2 rings (SSSR count). The third-order valence-corrected chi connectivity index (χ3v) is 3.79. The van der Waals surface area contributed by atoms with Crippen molar-refractivity contribution in [3.05, 3.63) is 45.8 Å². The Kier molecular flexibility index (Phi) is 5.50. The molecule has 0 aliphatic rings. The van der Waals surface area contributed by atoms with Gasteiger partial charge in [0.25, 0.3) is 0 Å². The minimum atomic E-state index is -0.283. The number of rotatable bonds is 5. The van der Waals surface area contributed by atoms with Crippen molar-refractivity contribution in [1.29, 1.82) is 0 Å². The molecule has 1 unspecified atom stereocenters. The van der Waals surface area contributed by atoms with Crippen molar-refractivity contribution in [2.75, 3.05) is 7.11 Å². The summed E-state index contributed by atoms with van der Waals surface area (Å²) < 4.78 is 10.4. The van der Waals surface area contributed by atoms with Crippen LogP contribution in [0.1, 0.15) is 35.5 Å². The minimum absolute atomic E-state index is 0.201. The van der Waals surface area contributed by atoms with E-state index in [0.717, 1.165) is 16.8 Å². The Hall–Kier alpha value is -2.21. The van der Waals surface area contributed by atoms with Gasteiger partial charge in [-0.15, -0.1) is 0 Å². The fraction of sp³-hybridized carbons (Fsp3) is 0.375. The molecular weight excluding hydrogens is 318 g/mol. The number of aryl methyl sites for hydroxylation is 2. The molecule has 1 aromatic heterocycles. The Labute approximate surface area is 140 Å². The highest BCUT2D eigenvalue weighted by molar-refractivity contribution is 6.30. The summed E-state index contributed by atoms with van der Waals surface area (Å²) in [6, 6.07) is 4.80. The lowest BCUT2D eigenvalue weighted by Gasteiger charge is -2.15. The van der Waals surface area contributed by atoms with Crippen LogP contribution in [0.5, 0.6) is 5.75 Å².